The van der Waals surface area contributed by atoms with Gasteiger partial charge in [-0.3, -0.25) is 9.78 Å². The molecule has 3 aromatic rings. The average Bonchev–Trinajstić information content (AvgIpc) is 3.56. The topological polar surface area (TPSA) is 54.4 Å². The van der Waals surface area contributed by atoms with E-state index in [1.165, 1.54) is 5.56 Å². The van der Waals surface area contributed by atoms with Gasteiger partial charge in [0.2, 0.25) is 0 Å². The van der Waals surface area contributed by atoms with Crippen LogP contribution in [0.4, 0.5) is 0 Å². The van der Waals surface area contributed by atoms with E-state index in [4.69, 9.17) is 4.98 Å². The number of benzene rings is 2. The molecule has 0 atom stereocenters. The van der Waals surface area contributed by atoms with Gasteiger partial charge < -0.3 is 0 Å². The predicted molar refractivity (Wildman–Crippen MR) is 109 cm³/mol. The standard InChI is InChI=1S/C23H23N3O/c1-3-16-8-10-17(11-9-16)15(2)25-26-23(27)20-14-22(18-12-13-18)24-21-7-5-4-6-19(20)21/h4-11,14,18H,3,12-13H2,1-2H3,(H,26,27)/b25-15-. The van der Waals surface area contributed by atoms with E-state index in [0.717, 1.165) is 47.1 Å². The van der Waals surface area contributed by atoms with Crippen molar-refractivity contribution in [3.05, 3.63) is 77.0 Å². The fourth-order valence-corrected chi connectivity index (χ4v) is 3.21. The number of carbonyl (C=O) groups excluding carboxylic acids is 1. The number of rotatable bonds is 5. The van der Waals surface area contributed by atoms with Crippen molar-refractivity contribution in [1.29, 1.82) is 0 Å². The summed E-state index contributed by atoms with van der Waals surface area (Å²) in [7, 11) is 0. The van der Waals surface area contributed by atoms with Crippen LogP contribution in [0.2, 0.25) is 0 Å². The summed E-state index contributed by atoms with van der Waals surface area (Å²) in [6.07, 6.45) is 3.31. The van der Waals surface area contributed by atoms with Crippen LogP contribution in [-0.2, 0) is 6.42 Å². The fraction of sp³-hybridized carbons (Fsp3) is 0.261. The number of nitrogens with one attached hydrogen (secondary N) is 1. The molecule has 4 rings (SSSR count). The Balaban J connectivity index is 1.60. The Morgan fingerprint density at radius 1 is 1.15 bits per heavy atom. The van der Waals surface area contributed by atoms with E-state index in [-0.39, 0.29) is 5.91 Å². The zero-order chi connectivity index (χ0) is 18.8. The number of fused-ring (bicyclic) bond motifs is 1. The highest BCUT2D eigenvalue weighted by atomic mass is 16.2. The smallest absolute Gasteiger partial charge is 0.267 e. The molecular weight excluding hydrogens is 334 g/mol. The molecule has 0 unspecified atom stereocenters. The first-order valence-electron chi connectivity index (χ1n) is 9.49. The highest BCUT2D eigenvalue weighted by Gasteiger charge is 2.26. The zero-order valence-corrected chi connectivity index (χ0v) is 15.7. The summed E-state index contributed by atoms with van der Waals surface area (Å²) in [5.74, 6) is 0.295. The van der Waals surface area contributed by atoms with Gasteiger partial charge in [0.25, 0.3) is 5.91 Å². The molecule has 0 aliphatic heterocycles. The molecule has 136 valence electrons. The molecule has 0 spiro atoms. The third-order valence-corrected chi connectivity index (χ3v) is 5.08. The highest BCUT2D eigenvalue weighted by molar-refractivity contribution is 6.07. The molecule has 1 heterocycles. The maximum absolute atomic E-state index is 12.8. The lowest BCUT2D eigenvalue weighted by Crippen LogP contribution is -2.20. The van der Waals surface area contributed by atoms with Gasteiger partial charge in [-0.25, -0.2) is 5.43 Å². The van der Waals surface area contributed by atoms with Gasteiger partial charge in [0, 0.05) is 17.0 Å². The second kappa shape index (κ2) is 7.31. The van der Waals surface area contributed by atoms with Gasteiger partial charge in [0.15, 0.2) is 0 Å². The molecule has 2 aromatic carbocycles. The zero-order valence-electron chi connectivity index (χ0n) is 15.7. The molecule has 1 saturated carbocycles. The normalized spacial score (nSPS) is 14.4. The van der Waals surface area contributed by atoms with Crippen molar-refractivity contribution in [2.45, 2.75) is 39.0 Å². The highest BCUT2D eigenvalue weighted by Crippen LogP contribution is 2.40. The quantitative estimate of drug-likeness (QED) is 0.525. The molecule has 1 aliphatic rings. The van der Waals surface area contributed by atoms with E-state index in [1.807, 2.05) is 49.4 Å². The Kier molecular flexibility index (Phi) is 4.71. The molecule has 4 nitrogen and oxygen atoms in total. The van der Waals surface area contributed by atoms with E-state index < -0.39 is 0 Å². The lowest BCUT2D eigenvalue weighted by molar-refractivity contribution is 0.0956. The van der Waals surface area contributed by atoms with Crippen LogP contribution in [0, 0.1) is 0 Å². The van der Waals surface area contributed by atoms with Crippen LogP contribution in [0.15, 0.2) is 59.7 Å². The molecule has 1 N–H and O–H groups in total. The summed E-state index contributed by atoms with van der Waals surface area (Å²) in [5, 5.41) is 5.18. The number of para-hydroxylation sites is 1. The molecule has 27 heavy (non-hydrogen) atoms. The van der Waals surface area contributed by atoms with Crippen molar-refractivity contribution in [2.75, 3.05) is 0 Å². The maximum Gasteiger partial charge on any atom is 0.272 e. The van der Waals surface area contributed by atoms with Gasteiger partial charge in [0.1, 0.15) is 0 Å². The Labute approximate surface area is 159 Å². The summed E-state index contributed by atoms with van der Waals surface area (Å²) in [5.41, 5.74) is 8.31. The Morgan fingerprint density at radius 3 is 2.59 bits per heavy atom. The minimum atomic E-state index is -0.194. The van der Waals surface area contributed by atoms with E-state index in [2.05, 4.69) is 29.6 Å². The second-order valence-electron chi connectivity index (χ2n) is 7.07. The number of nitrogens with zero attached hydrogens (tertiary/aromatic N) is 2. The third-order valence-electron chi connectivity index (χ3n) is 5.08. The van der Waals surface area contributed by atoms with Crippen molar-refractivity contribution in [3.8, 4) is 0 Å². The first kappa shape index (κ1) is 17.4. The average molecular weight is 357 g/mol. The van der Waals surface area contributed by atoms with Crippen molar-refractivity contribution in [2.24, 2.45) is 5.10 Å². The maximum atomic E-state index is 12.8. The predicted octanol–water partition coefficient (Wildman–Crippen LogP) is 4.83. The molecular formula is C23H23N3O. The number of hydrogen-bond acceptors (Lipinski definition) is 3. The van der Waals surface area contributed by atoms with E-state index in [9.17, 15) is 4.79 Å². The van der Waals surface area contributed by atoms with Crippen LogP contribution in [0.3, 0.4) is 0 Å². The number of hydrazone groups is 1. The van der Waals surface area contributed by atoms with Crippen molar-refractivity contribution in [1.82, 2.24) is 10.4 Å². The van der Waals surface area contributed by atoms with Gasteiger partial charge in [-0.15, -0.1) is 0 Å². The Bertz CT molecular complexity index is 1020. The van der Waals surface area contributed by atoms with Crippen molar-refractivity contribution >= 4 is 22.5 Å². The minimum Gasteiger partial charge on any atom is -0.267 e. The summed E-state index contributed by atoms with van der Waals surface area (Å²) < 4.78 is 0. The fourth-order valence-electron chi connectivity index (χ4n) is 3.21. The monoisotopic (exact) mass is 357 g/mol. The first-order chi connectivity index (χ1) is 13.2. The van der Waals surface area contributed by atoms with Gasteiger partial charge in [0.05, 0.1) is 16.8 Å². The molecule has 4 heteroatoms. The van der Waals surface area contributed by atoms with Crippen LogP contribution in [0.1, 0.15) is 59.8 Å². The minimum absolute atomic E-state index is 0.194. The van der Waals surface area contributed by atoms with Crippen molar-refractivity contribution < 1.29 is 4.79 Å². The molecule has 0 radical (unpaired) electrons. The number of hydrogen-bond donors (Lipinski definition) is 1. The van der Waals surface area contributed by atoms with Crippen LogP contribution >= 0.6 is 0 Å². The summed E-state index contributed by atoms with van der Waals surface area (Å²) >= 11 is 0. The van der Waals surface area contributed by atoms with Gasteiger partial charge >= 0.3 is 0 Å². The van der Waals surface area contributed by atoms with Gasteiger partial charge in [-0.1, -0.05) is 49.4 Å². The largest absolute Gasteiger partial charge is 0.272 e. The van der Waals surface area contributed by atoms with Gasteiger partial charge in [-0.05, 0) is 49.4 Å². The molecule has 1 amide bonds. The molecule has 0 bridgehead atoms. The van der Waals surface area contributed by atoms with Crippen LogP contribution in [0.25, 0.3) is 10.9 Å². The number of carbonyl (C=O) groups is 1. The Morgan fingerprint density at radius 2 is 1.89 bits per heavy atom. The summed E-state index contributed by atoms with van der Waals surface area (Å²) in [4.78, 5) is 17.6. The Hall–Kier alpha value is -3.01. The van der Waals surface area contributed by atoms with Gasteiger partial charge in [-0.2, -0.15) is 5.10 Å². The summed E-state index contributed by atoms with van der Waals surface area (Å²) in [6, 6.07) is 18.0. The van der Waals surface area contributed by atoms with Crippen LogP contribution in [0.5, 0.6) is 0 Å². The second-order valence-corrected chi connectivity index (χ2v) is 7.07. The third kappa shape index (κ3) is 3.75. The molecule has 1 fully saturated rings. The van der Waals surface area contributed by atoms with Crippen molar-refractivity contribution in [3.63, 3.8) is 0 Å². The first-order valence-corrected chi connectivity index (χ1v) is 9.49. The van der Waals surface area contributed by atoms with E-state index in [1.54, 1.807) is 0 Å². The SMILES string of the molecule is CCc1ccc(/C(C)=N\NC(=O)c2cc(C3CC3)nc3ccccc23)cc1. The molecule has 1 aliphatic carbocycles. The van der Waals surface area contributed by atoms with E-state index in [0.29, 0.717) is 11.5 Å². The molecule has 0 saturated heterocycles. The number of pyridine rings is 1. The van der Waals surface area contributed by atoms with Crippen LogP contribution < -0.4 is 5.43 Å². The number of aromatic nitrogens is 1. The van der Waals surface area contributed by atoms with E-state index >= 15 is 0 Å². The lowest BCUT2D eigenvalue weighted by atomic mass is 10.1. The number of aryl methyl sites for hydroxylation is 1. The molecule has 1 aromatic heterocycles. The van der Waals surface area contributed by atoms with Crippen LogP contribution in [-0.4, -0.2) is 16.6 Å². The lowest BCUT2D eigenvalue weighted by Gasteiger charge is -2.09. The number of amides is 1. The summed E-state index contributed by atoms with van der Waals surface area (Å²) in [6.45, 7) is 4.03.